The second kappa shape index (κ2) is 5.64. The minimum Gasteiger partial charge on any atom is -0.397 e. The van der Waals surface area contributed by atoms with Crippen molar-refractivity contribution in [1.82, 2.24) is 0 Å². The fraction of sp³-hybridized carbons (Fsp3) is 0.538. The molecule has 0 saturated heterocycles. The van der Waals surface area contributed by atoms with Crippen molar-refractivity contribution in [2.45, 2.75) is 33.6 Å². The summed E-state index contributed by atoms with van der Waals surface area (Å²) >= 11 is 0. The number of anilines is 2. The predicted molar refractivity (Wildman–Crippen MR) is 68.4 cm³/mol. The average Bonchev–Trinajstić information content (AvgIpc) is 2.17. The summed E-state index contributed by atoms with van der Waals surface area (Å²) in [6.45, 7) is 8.65. The molecule has 84 valence electrons. The lowest BCUT2D eigenvalue weighted by Gasteiger charge is -2.25. The molecule has 0 radical (unpaired) electrons. The van der Waals surface area contributed by atoms with E-state index in [0.717, 1.165) is 31.6 Å². The van der Waals surface area contributed by atoms with Crippen LogP contribution in [0.1, 0.15) is 32.3 Å². The summed E-state index contributed by atoms with van der Waals surface area (Å²) in [6, 6.07) is 6.31. The van der Waals surface area contributed by atoms with Gasteiger partial charge in [0.05, 0.1) is 11.4 Å². The molecule has 0 amide bonds. The first-order valence-electron chi connectivity index (χ1n) is 5.80. The monoisotopic (exact) mass is 206 g/mol. The molecular weight excluding hydrogens is 184 g/mol. The van der Waals surface area contributed by atoms with Gasteiger partial charge in [0.2, 0.25) is 0 Å². The third kappa shape index (κ3) is 3.15. The van der Waals surface area contributed by atoms with Gasteiger partial charge in [-0.15, -0.1) is 0 Å². The highest BCUT2D eigenvalue weighted by Crippen LogP contribution is 2.24. The Hall–Kier alpha value is -1.18. The Morgan fingerprint density at radius 3 is 2.20 bits per heavy atom. The van der Waals surface area contributed by atoms with Crippen LogP contribution in [0.25, 0.3) is 0 Å². The van der Waals surface area contributed by atoms with Crippen molar-refractivity contribution in [2.75, 3.05) is 23.7 Å². The van der Waals surface area contributed by atoms with Crippen molar-refractivity contribution in [2.24, 2.45) is 0 Å². The molecule has 1 aromatic carbocycles. The molecule has 1 aromatic rings. The number of hydrogen-bond acceptors (Lipinski definition) is 2. The van der Waals surface area contributed by atoms with Gasteiger partial charge >= 0.3 is 0 Å². The summed E-state index contributed by atoms with van der Waals surface area (Å²) in [5.74, 6) is 0. The summed E-state index contributed by atoms with van der Waals surface area (Å²) in [4.78, 5) is 2.37. The molecule has 1 rings (SSSR count). The van der Waals surface area contributed by atoms with Gasteiger partial charge in [-0.1, -0.05) is 19.9 Å². The van der Waals surface area contributed by atoms with Crippen LogP contribution in [-0.4, -0.2) is 13.1 Å². The van der Waals surface area contributed by atoms with Gasteiger partial charge in [-0.2, -0.15) is 0 Å². The van der Waals surface area contributed by atoms with Crippen LogP contribution >= 0.6 is 0 Å². The van der Waals surface area contributed by atoms with Gasteiger partial charge in [-0.05, 0) is 37.5 Å². The number of aryl methyl sites for hydroxylation is 1. The average molecular weight is 206 g/mol. The van der Waals surface area contributed by atoms with Crippen molar-refractivity contribution in [1.29, 1.82) is 0 Å². The summed E-state index contributed by atoms with van der Waals surface area (Å²) in [7, 11) is 0. The van der Waals surface area contributed by atoms with Gasteiger partial charge in [0.15, 0.2) is 0 Å². The van der Waals surface area contributed by atoms with E-state index in [2.05, 4.69) is 37.8 Å². The standard InChI is InChI=1S/C13H22N2/c1-4-8-15(9-5-2)13-7-6-11(3)10-12(13)14/h6-7,10H,4-5,8-9,14H2,1-3H3. The van der Waals surface area contributed by atoms with E-state index in [1.165, 1.54) is 11.3 Å². The Morgan fingerprint density at radius 1 is 1.13 bits per heavy atom. The van der Waals surface area contributed by atoms with Crippen LogP contribution in [0.5, 0.6) is 0 Å². The highest BCUT2D eigenvalue weighted by molar-refractivity contribution is 5.68. The Balaban J connectivity index is 2.89. The van der Waals surface area contributed by atoms with Crippen molar-refractivity contribution < 1.29 is 0 Å². The molecule has 2 N–H and O–H groups in total. The van der Waals surface area contributed by atoms with E-state index in [1.54, 1.807) is 0 Å². The highest BCUT2D eigenvalue weighted by atomic mass is 15.1. The fourth-order valence-corrected chi connectivity index (χ4v) is 1.85. The molecule has 2 nitrogen and oxygen atoms in total. The molecule has 0 heterocycles. The molecule has 0 saturated carbocycles. The first kappa shape index (κ1) is 11.9. The minimum atomic E-state index is 0.900. The van der Waals surface area contributed by atoms with E-state index >= 15 is 0 Å². The SMILES string of the molecule is CCCN(CCC)c1ccc(C)cc1N. The van der Waals surface area contributed by atoms with Crippen molar-refractivity contribution in [3.63, 3.8) is 0 Å². The number of nitrogen functional groups attached to an aromatic ring is 1. The molecule has 0 spiro atoms. The lowest BCUT2D eigenvalue weighted by molar-refractivity contribution is 0.746. The van der Waals surface area contributed by atoms with E-state index in [0.29, 0.717) is 0 Å². The lowest BCUT2D eigenvalue weighted by Crippen LogP contribution is -2.25. The van der Waals surface area contributed by atoms with Crippen LogP contribution in [0.2, 0.25) is 0 Å². The van der Waals surface area contributed by atoms with Crippen LogP contribution in [0.15, 0.2) is 18.2 Å². The molecule has 2 heteroatoms. The minimum absolute atomic E-state index is 0.900. The van der Waals surface area contributed by atoms with Gasteiger partial charge in [0.25, 0.3) is 0 Å². The highest BCUT2D eigenvalue weighted by Gasteiger charge is 2.07. The van der Waals surface area contributed by atoms with E-state index < -0.39 is 0 Å². The van der Waals surface area contributed by atoms with Crippen LogP contribution in [0.3, 0.4) is 0 Å². The Morgan fingerprint density at radius 2 is 1.73 bits per heavy atom. The van der Waals surface area contributed by atoms with Crippen LogP contribution < -0.4 is 10.6 Å². The van der Waals surface area contributed by atoms with E-state index in [1.807, 2.05) is 6.07 Å². The molecular formula is C13H22N2. The van der Waals surface area contributed by atoms with Gasteiger partial charge in [-0.25, -0.2) is 0 Å². The molecule has 0 aromatic heterocycles. The Bertz CT molecular complexity index is 301. The summed E-state index contributed by atoms with van der Waals surface area (Å²) in [6.07, 6.45) is 2.32. The predicted octanol–water partition coefficient (Wildman–Crippen LogP) is 3.20. The maximum absolute atomic E-state index is 6.04. The summed E-state index contributed by atoms with van der Waals surface area (Å²) in [5.41, 5.74) is 9.35. The van der Waals surface area contributed by atoms with Crippen LogP contribution in [0.4, 0.5) is 11.4 Å². The van der Waals surface area contributed by atoms with Crippen molar-refractivity contribution >= 4 is 11.4 Å². The quantitative estimate of drug-likeness (QED) is 0.750. The van der Waals surface area contributed by atoms with Crippen LogP contribution in [-0.2, 0) is 0 Å². The lowest BCUT2D eigenvalue weighted by atomic mass is 10.1. The molecule has 0 atom stereocenters. The molecule has 15 heavy (non-hydrogen) atoms. The number of nitrogens with two attached hydrogens (primary N) is 1. The molecule has 0 aliphatic heterocycles. The summed E-state index contributed by atoms with van der Waals surface area (Å²) < 4.78 is 0. The maximum atomic E-state index is 6.04. The molecule has 0 aliphatic carbocycles. The van der Waals surface area contributed by atoms with Gasteiger partial charge in [-0.3, -0.25) is 0 Å². The van der Waals surface area contributed by atoms with E-state index in [9.17, 15) is 0 Å². The summed E-state index contributed by atoms with van der Waals surface area (Å²) in [5, 5.41) is 0. The van der Waals surface area contributed by atoms with Gasteiger partial charge in [0.1, 0.15) is 0 Å². The largest absolute Gasteiger partial charge is 0.397 e. The second-order valence-electron chi connectivity index (χ2n) is 4.05. The van der Waals surface area contributed by atoms with Crippen molar-refractivity contribution in [3.05, 3.63) is 23.8 Å². The first-order chi connectivity index (χ1) is 7.19. The molecule has 0 bridgehead atoms. The normalized spacial score (nSPS) is 10.3. The smallest absolute Gasteiger partial charge is 0.0600 e. The third-order valence-electron chi connectivity index (χ3n) is 2.51. The van der Waals surface area contributed by atoms with Crippen molar-refractivity contribution in [3.8, 4) is 0 Å². The van der Waals surface area contributed by atoms with Gasteiger partial charge < -0.3 is 10.6 Å². The zero-order valence-corrected chi connectivity index (χ0v) is 10.1. The first-order valence-corrected chi connectivity index (χ1v) is 5.80. The zero-order chi connectivity index (χ0) is 11.3. The maximum Gasteiger partial charge on any atom is 0.0600 e. The Labute approximate surface area is 93.1 Å². The van der Waals surface area contributed by atoms with Gasteiger partial charge in [0, 0.05) is 13.1 Å². The number of benzene rings is 1. The Kier molecular flexibility index (Phi) is 4.47. The molecule has 0 fully saturated rings. The van der Waals surface area contributed by atoms with E-state index in [4.69, 9.17) is 5.73 Å². The number of hydrogen-bond donors (Lipinski definition) is 1. The molecule has 0 unspecified atom stereocenters. The molecule has 0 aliphatic rings. The number of nitrogens with zero attached hydrogens (tertiary/aromatic N) is 1. The number of rotatable bonds is 5. The topological polar surface area (TPSA) is 29.3 Å². The zero-order valence-electron chi connectivity index (χ0n) is 10.1. The van der Waals surface area contributed by atoms with Crippen LogP contribution in [0, 0.1) is 6.92 Å². The third-order valence-corrected chi connectivity index (χ3v) is 2.51. The second-order valence-corrected chi connectivity index (χ2v) is 4.05. The van der Waals surface area contributed by atoms with E-state index in [-0.39, 0.29) is 0 Å². The fourth-order valence-electron chi connectivity index (χ4n) is 1.85.